The molecule has 0 amide bonds. The van der Waals surface area contributed by atoms with Crippen molar-refractivity contribution in [3.63, 3.8) is 0 Å². The molecule has 2 nitrogen and oxygen atoms in total. The lowest BCUT2D eigenvalue weighted by molar-refractivity contribution is 0.316. The lowest BCUT2D eigenvalue weighted by atomic mass is 10.3. The van der Waals surface area contributed by atoms with Gasteiger partial charge in [-0.3, -0.25) is 0 Å². The van der Waals surface area contributed by atoms with Gasteiger partial charge < -0.3 is 10.2 Å². The van der Waals surface area contributed by atoms with Gasteiger partial charge in [-0.2, -0.15) is 0 Å². The van der Waals surface area contributed by atoms with Gasteiger partial charge in [0.25, 0.3) is 0 Å². The third-order valence-corrected chi connectivity index (χ3v) is 2.35. The number of rotatable bonds is 6. The van der Waals surface area contributed by atoms with E-state index in [2.05, 4.69) is 30.1 Å². The summed E-state index contributed by atoms with van der Waals surface area (Å²) in [5.41, 5.74) is 1.08. The van der Waals surface area contributed by atoms with E-state index in [-0.39, 0.29) is 0 Å². The maximum absolute atomic E-state index is 3.35. The molecule has 0 atom stereocenters. The molecule has 0 aromatic heterocycles. The molecule has 0 aliphatic rings. The summed E-state index contributed by atoms with van der Waals surface area (Å²) in [5, 5.41) is 3.35. The van der Waals surface area contributed by atoms with Crippen LogP contribution in [0.1, 0.15) is 13.8 Å². The number of hydrogen-bond donors (Lipinski definition) is 1. The van der Waals surface area contributed by atoms with Gasteiger partial charge in [0, 0.05) is 24.8 Å². The topological polar surface area (TPSA) is 15.3 Å². The highest BCUT2D eigenvalue weighted by Gasteiger charge is 1.97. The van der Waals surface area contributed by atoms with Crippen LogP contribution in [0.2, 0.25) is 0 Å². The van der Waals surface area contributed by atoms with E-state index in [0.29, 0.717) is 0 Å². The fraction of sp³-hybridized carbons (Fsp3) is 0.500. The Hall–Kier alpha value is -1.02. The number of nitrogens with zero attached hydrogens (tertiary/aromatic N) is 1. The predicted octanol–water partition coefficient (Wildman–Crippen LogP) is 2.24. The van der Waals surface area contributed by atoms with Crippen molar-refractivity contribution in [3.8, 4) is 0 Å². The maximum Gasteiger partial charge on any atom is 0.0421 e. The van der Waals surface area contributed by atoms with Crippen molar-refractivity contribution in [1.82, 2.24) is 4.90 Å². The first-order valence-corrected chi connectivity index (χ1v) is 5.29. The molecule has 0 fully saturated rings. The van der Waals surface area contributed by atoms with Crippen LogP contribution in [0.5, 0.6) is 0 Å². The van der Waals surface area contributed by atoms with Crippen LogP contribution >= 0.6 is 0 Å². The number of likely N-dealkylation sites (N-methyl/N-ethyl adjacent to an activating group) is 1. The Bertz CT molecular complexity index is 229. The fourth-order valence-electron chi connectivity index (χ4n) is 1.39. The van der Waals surface area contributed by atoms with Gasteiger partial charge >= 0.3 is 0 Å². The molecule has 14 heavy (non-hydrogen) atoms. The SMILES string of the molecule is CCN(CC)CCNc1[c]cccc1. The van der Waals surface area contributed by atoms with Gasteiger partial charge in [0.05, 0.1) is 0 Å². The van der Waals surface area contributed by atoms with Crippen LogP contribution in [0.25, 0.3) is 0 Å². The molecule has 0 saturated carbocycles. The van der Waals surface area contributed by atoms with Gasteiger partial charge in [0.1, 0.15) is 0 Å². The highest BCUT2D eigenvalue weighted by atomic mass is 15.1. The molecule has 0 aliphatic heterocycles. The normalized spacial score (nSPS) is 10.5. The van der Waals surface area contributed by atoms with Gasteiger partial charge in [0.15, 0.2) is 0 Å². The summed E-state index contributed by atoms with van der Waals surface area (Å²) in [6.45, 7) is 8.71. The molecule has 77 valence electrons. The number of anilines is 1. The largest absolute Gasteiger partial charge is 0.383 e. The van der Waals surface area contributed by atoms with Crippen molar-refractivity contribution in [2.45, 2.75) is 13.8 Å². The van der Waals surface area contributed by atoms with Crippen LogP contribution in [0.3, 0.4) is 0 Å². The Kier molecular flexibility index (Phi) is 5.08. The fourth-order valence-corrected chi connectivity index (χ4v) is 1.39. The minimum Gasteiger partial charge on any atom is -0.383 e. The van der Waals surface area contributed by atoms with Gasteiger partial charge in [0.2, 0.25) is 0 Å². The Morgan fingerprint density at radius 1 is 1.29 bits per heavy atom. The zero-order valence-corrected chi connectivity index (χ0v) is 9.09. The lowest BCUT2D eigenvalue weighted by Gasteiger charge is -2.18. The van der Waals surface area contributed by atoms with E-state index >= 15 is 0 Å². The molecule has 2 heteroatoms. The number of nitrogens with one attached hydrogen (secondary N) is 1. The molecule has 0 saturated heterocycles. The van der Waals surface area contributed by atoms with E-state index in [4.69, 9.17) is 0 Å². The number of benzene rings is 1. The summed E-state index contributed by atoms with van der Waals surface area (Å²) >= 11 is 0. The maximum atomic E-state index is 3.35. The zero-order valence-electron chi connectivity index (χ0n) is 9.09. The average Bonchev–Trinajstić information content (AvgIpc) is 2.26. The van der Waals surface area contributed by atoms with Gasteiger partial charge in [-0.25, -0.2) is 0 Å². The molecule has 1 rings (SSSR count). The monoisotopic (exact) mass is 191 g/mol. The van der Waals surface area contributed by atoms with Crippen molar-refractivity contribution in [2.75, 3.05) is 31.5 Å². The van der Waals surface area contributed by atoms with Crippen LogP contribution < -0.4 is 5.32 Å². The summed E-state index contributed by atoms with van der Waals surface area (Å²) < 4.78 is 0. The van der Waals surface area contributed by atoms with Crippen LogP contribution in [0.4, 0.5) is 5.69 Å². The molecular formula is C12H19N2. The van der Waals surface area contributed by atoms with Crippen molar-refractivity contribution >= 4 is 5.69 Å². The minimum atomic E-state index is 0.988. The summed E-state index contributed by atoms with van der Waals surface area (Å²) in [6, 6.07) is 11.1. The Morgan fingerprint density at radius 3 is 2.64 bits per heavy atom. The lowest BCUT2D eigenvalue weighted by Crippen LogP contribution is -2.28. The Labute approximate surface area is 86.9 Å². The Morgan fingerprint density at radius 2 is 2.07 bits per heavy atom. The molecule has 0 bridgehead atoms. The van der Waals surface area contributed by atoms with Crippen molar-refractivity contribution < 1.29 is 0 Å². The number of para-hydroxylation sites is 1. The third kappa shape index (κ3) is 3.79. The van der Waals surface area contributed by atoms with Crippen molar-refractivity contribution in [1.29, 1.82) is 0 Å². The van der Waals surface area contributed by atoms with E-state index in [1.54, 1.807) is 0 Å². The smallest absolute Gasteiger partial charge is 0.0421 e. The van der Waals surface area contributed by atoms with Crippen molar-refractivity contribution in [3.05, 3.63) is 30.3 Å². The molecule has 1 aromatic carbocycles. The molecule has 1 radical (unpaired) electrons. The first kappa shape index (κ1) is 11.1. The highest BCUT2D eigenvalue weighted by Crippen LogP contribution is 2.02. The van der Waals surface area contributed by atoms with E-state index in [1.165, 1.54) is 0 Å². The molecule has 0 unspecified atom stereocenters. The Balaban J connectivity index is 2.21. The first-order chi connectivity index (χ1) is 6.86. The predicted molar refractivity (Wildman–Crippen MR) is 61.6 cm³/mol. The summed E-state index contributed by atoms with van der Waals surface area (Å²) in [6.07, 6.45) is 0. The van der Waals surface area contributed by atoms with Gasteiger partial charge in [-0.15, -0.1) is 0 Å². The van der Waals surface area contributed by atoms with E-state index in [9.17, 15) is 0 Å². The average molecular weight is 191 g/mol. The molecular weight excluding hydrogens is 172 g/mol. The van der Waals surface area contributed by atoms with Crippen LogP contribution in [0.15, 0.2) is 24.3 Å². The second-order valence-electron chi connectivity index (χ2n) is 3.23. The summed E-state index contributed by atoms with van der Waals surface area (Å²) in [7, 11) is 0. The van der Waals surface area contributed by atoms with Crippen molar-refractivity contribution in [2.24, 2.45) is 0 Å². The van der Waals surface area contributed by atoms with Crippen LogP contribution in [-0.4, -0.2) is 31.1 Å². The molecule has 0 heterocycles. The molecule has 1 aromatic rings. The number of hydrogen-bond acceptors (Lipinski definition) is 2. The molecule has 1 N–H and O–H groups in total. The van der Waals surface area contributed by atoms with Crippen LogP contribution in [0, 0.1) is 6.07 Å². The van der Waals surface area contributed by atoms with E-state index in [1.807, 2.05) is 24.3 Å². The molecule has 0 spiro atoms. The van der Waals surface area contributed by atoms with Crippen LogP contribution in [-0.2, 0) is 0 Å². The summed E-state index contributed by atoms with van der Waals surface area (Å²) in [4.78, 5) is 2.40. The van der Waals surface area contributed by atoms with Gasteiger partial charge in [-0.1, -0.05) is 32.0 Å². The van der Waals surface area contributed by atoms with Gasteiger partial charge in [-0.05, 0) is 19.2 Å². The second-order valence-corrected chi connectivity index (χ2v) is 3.23. The second kappa shape index (κ2) is 6.44. The quantitative estimate of drug-likeness (QED) is 0.742. The minimum absolute atomic E-state index is 0.988. The standard InChI is InChI=1S/C12H19N2/c1-3-14(4-2)11-10-13-12-8-6-5-7-9-12/h5-8,13H,3-4,10-11H2,1-2H3. The zero-order chi connectivity index (χ0) is 10.2. The molecule has 0 aliphatic carbocycles. The highest BCUT2D eigenvalue weighted by molar-refractivity contribution is 5.40. The van der Waals surface area contributed by atoms with E-state index in [0.717, 1.165) is 31.9 Å². The third-order valence-electron chi connectivity index (χ3n) is 2.35. The van der Waals surface area contributed by atoms with E-state index < -0.39 is 0 Å². The summed E-state index contributed by atoms with van der Waals surface area (Å²) in [5.74, 6) is 0. The first-order valence-electron chi connectivity index (χ1n) is 5.29.